The van der Waals surface area contributed by atoms with Gasteiger partial charge in [0.15, 0.2) is 0 Å². The van der Waals surface area contributed by atoms with E-state index >= 15 is 0 Å². The first-order chi connectivity index (χ1) is 9.13. The second-order valence-electron chi connectivity index (χ2n) is 4.25. The lowest BCUT2D eigenvalue weighted by molar-refractivity contribution is -0.141. The van der Waals surface area contributed by atoms with Gasteiger partial charge >= 0.3 is 12.0 Å². The van der Waals surface area contributed by atoms with Crippen LogP contribution in [0.25, 0.3) is 0 Å². The predicted molar refractivity (Wildman–Crippen MR) is 68.5 cm³/mol. The molecule has 1 aliphatic rings. The van der Waals surface area contributed by atoms with Crippen LogP contribution in [0.5, 0.6) is 0 Å². The number of carbonyl (C=O) groups is 3. The van der Waals surface area contributed by atoms with Crippen molar-refractivity contribution in [1.82, 2.24) is 15.5 Å². The highest BCUT2D eigenvalue weighted by molar-refractivity contribution is 5.81. The van der Waals surface area contributed by atoms with E-state index in [4.69, 9.17) is 0 Å². The summed E-state index contributed by atoms with van der Waals surface area (Å²) in [5, 5.41) is 4.89. The summed E-state index contributed by atoms with van der Waals surface area (Å²) in [5.74, 6) is -0.422. The summed E-state index contributed by atoms with van der Waals surface area (Å²) in [6.07, 6.45) is 2.39. The summed E-state index contributed by atoms with van der Waals surface area (Å²) < 4.78 is 4.66. The van der Waals surface area contributed by atoms with Crippen molar-refractivity contribution in [1.29, 1.82) is 0 Å². The minimum Gasteiger partial charge on any atom is -0.465 e. The minimum absolute atomic E-state index is 0.0585. The molecule has 7 nitrogen and oxygen atoms in total. The Balaban J connectivity index is 2.06. The highest BCUT2D eigenvalue weighted by Crippen LogP contribution is 2.08. The van der Waals surface area contributed by atoms with Crippen molar-refractivity contribution >= 4 is 17.9 Å². The van der Waals surface area contributed by atoms with Gasteiger partial charge in [-0.1, -0.05) is 0 Å². The molecule has 0 saturated carbocycles. The largest absolute Gasteiger partial charge is 0.465 e. The second kappa shape index (κ2) is 8.34. The molecule has 0 unspecified atom stereocenters. The normalized spacial score (nSPS) is 14.1. The molecule has 1 aliphatic heterocycles. The maximum Gasteiger partial charge on any atom is 0.325 e. The molecule has 1 heterocycles. The van der Waals surface area contributed by atoms with Crippen LogP contribution in [0.1, 0.15) is 26.2 Å². The van der Waals surface area contributed by atoms with E-state index in [0.29, 0.717) is 0 Å². The quantitative estimate of drug-likeness (QED) is 0.658. The number of carbonyl (C=O) groups excluding carboxylic acids is 3. The maximum absolute atomic E-state index is 11.7. The Morgan fingerprint density at radius 1 is 1.16 bits per heavy atom. The Bertz CT molecular complexity index is 327. The van der Waals surface area contributed by atoms with Crippen molar-refractivity contribution in [2.45, 2.75) is 26.2 Å². The predicted octanol–water partition coefficient (Wildman–Crippen LogP) is -0.139. The summed E-state index contributed by atoms with van der Waals surface area (Å²) >= 11 is 0. The SMILES string of the molecule is CCOC(=O)CNC(=O)NCCC(=O)N1CCCC1. The Labute approximate surface area is 112 Å². The number of esters is 1. The van der Waals surface area contributed by atoms with Gasteiger partial charge in [0.05, 0.1) is 6.61 Å². The molecule has 0 spiro atoms. The first-order valence-electron chi connectivity index (χ1n) is 6.58. The van der Waals surface area contributed by atoms with Crippen LogP contribution in [0.15, 0.2) is 0 Å². The van der Waals surface area contributed by atoms with Crippen LogP contribution in [0.4, 0.5) is 4.79 Å². The second-order valence-corrected chi connectivity index (χ2v) is 4.25. The molecule has 0 bridgehead atoms. The third-order valence-corrected chi connectivity index (χ3v) is 2.78. The Morgan fingerprint density at radius 3 is 2.47 bits per heavy atom. The molecule has 0 aliphatic carbocycles. The van der Waals surface area contributed by atoms with E-state index in [1.807, 2.05) is 0 Å². The molecular weight excluding hydrogens is 250 g/mol. The molecule has 0 atom stereocenters. The zero-order valence-corrected chi connectivity index (χ0v) is 11.2. The van der Waals surface area contributed by atoms with E-state index in [-0.39, 0.29) is 32.0 Å². The number of nitrogens with one attached hydrogen (secondary N) is 2. The summed E-state index contributed by atoms with van der Waals surface area (Å²) in [4.78, 5) is 35.7. The van der Waals surface area contributed by atoms with Crippen LogP contribution in [0.3, 0.4) is 0 Å². The molecule has 7 heteroatoms. The fraction of sp³-hybridized carbons (Fsp3) is 0.750. The number of ether oxygens (including phenoxy) is 1. The van der Waals surface area contributed by atoms with Crippen molar-refractivity contribution in [3.63, 3.8) is 0 Å². The molecule has 0 aromatic rings. The van der Waals surface area contributed by atoms with E-state index in [9.17, 15) is 14.4 Å². The number of hydrogen-bond acceptors (Lipinski definition) is 4. The molecule has 0 aromatic heterocycles. The van der Waals surface area contributed by atoms with Crippen LogP contribution < -0.4 is 10.6 Å². The minimum atomic E-state index is -0.481. The number of nitrogens with zero attached hydrogens (tertiary/aromatic N) is 1. The van der Waals surface area contributed by atoms with Crippen LogP contribution in [-0.4, -0.2) is 55.6 Å². The number of rotatable bonds is 6. The molecular formula is C12H21N3O4. The first-order valence-corrected chi connectivity index (χ1v) is 6.58. The third-order valence-electron chi connectivity index (χ3n) is 2.78. The average molecular weight is 271 g/mol. The number of likely N-dealkylation sites (tertiary alicyclic amines) is 1. The summed E-state index contributed by atoms with van der Waals surface area (Å²) in [7, 11) is 0. The molecule has 0 radical (unpaired) electrons. The Morgan fingerprint density at radius 2 is 1.84 bits per heavy atom. The van der Waals surface area contributed by atoms with Crippen LogP contribution in [0, 0.1) is 0 Å². The van der Waals surface area contributed by atoms with Gasteiger partial charge in [-0.05, 0) is 19.8 Å². The zero-order chi connectivity index (χ0) is 14.1. The molecule has 108 valence electrons. The lowest BCUT2D eigenvalue weighted by Crippen LogP contribution is -2.40. The lowest BCUT2D eigenvalue weighted by atomic mass is 10.3. The molecule has 1 fully saturated rings. The summed E-state index contributed by atoms with van der Waals surface area (Å²) in [6.45, 7) is 3.71. The van der Waals surface area contributed by atoms with Gasteiger partial charge < -0.3 is 20.3 Å². The van der Waals surface area contributed by atoms with E-state index in [0.717, 1.165) is 25.9 Å². The molecule has 3 amide bonds. The van der Waals surface area contributed by atoms with E-state index < -0.39 is 12.0 Å². The van der Waals surface area contributed by atoms with Gasteiger partial charge in [0, 0.05) is 26.1 Å². The van der Waals surface area contributed by atoms with Crippen LogP contribution >= 0.6 is 0 Å². The Kier molecular flexibility index (Phi) is 6.70. The lowest BCUT2D eigenvalue weighted by Gasteiger charge is -2.15. The monoisotopic (exact) mass is 271 g/mol. The highest BCUT2D eigenvalue weighted by Gasteiger charge is 2.17. The van der Waals surface area contributed by atoms with Crippen LogP contribution in [-0.2, 0) is 14.3 Å². The summed E-state index contributed by atoms with van der Waals surface area (Å²) in [5.41, 5.74) is 0. The number of amides is 3. The van der Waals surface area contributed by atoms with E-state index in [2.05, 4.69) is 15.4 Å². The Hall–Kier alpha value is -1.79. The maximum atomic E-state index is 11.7. The molecule has 2 N–H and O–H groups in total. The molecule has 1 rings (SSSR count). The van der Waals surface area contributed by atoms with Crippen molar-refractivity contribution < 1.29 is 19.1 Å². The van der Waals surface area contributed by atoms with Gasteiger partial charge in [-0.2, -0.15) is 0 Å². The van der Waals surface area contributed by atoms with Gasteiger partial charge in [-0.15, -0.1) is 0 Å². The average Bonchev–Trinajstić information content (AvgIpc) is 2.90. The van der Waals surface area contributed by atoms with Gasteiger partial charge in [0.2, 0.25) is 5.91 Å². The van der Waals surface area contributed by atoms with E-state index in [1.54, 1.807) is 11.8 Å². The van der Waals surface area contributed by atoms with Crippen LogP contribution in [0.2, 0.25) is 0 Å². The molecule has 19 heavy (non-hydrogen) atoms. The fourth-order valence-electron chi connectivity index (χ4n) is 1.83. The summed E-state index contributed by atoms with van der Waals surface area (Å²) in [6, 6.07) is -0.470. The number of urea groups is 1. The zero-order valence-electron chi connectivity index (χ0n) is 11.2. The van der Waals surface area contributed by atoms with Gasteiger partial charge in [0.25, 0.3) is 0 Å². The smallest absolute Gasteiger partial charge is 0.325 e. The fourth-order valence-corrected chi connectivity index (χ4v) is 1.83. The topological polar surface area (TPSA) is 87.7 Å². The standard InChI is InChI=1S/C12H21N3O4/c1-2-19-11(17)9-14-12(18)13-6-5-10(16)15-7-3-4-8-15/h2-9H2,1H3,(H2,13,14,18). The van der Waals surface area contributed by atoms with E-state index in [1.165, 1.54) is 0 Å². The van der Waals surface area contributed by atoms with Crippen molar-refractivity contribution in [3.05, 3.63) is 0 Å². The first kappa shape index (κ1) is 15.3. The van der Waals surface area contributed by atoms with Gasteiger partial charge in [-0.25, -0.2) is 4.79 Å². The van der Waals surface area contributed by atoms with Gasteiger partial charge in [-0.3, -0.25) is 9.59 Å². The van der Waals surface area contributed by atoms with Gasteiger partial charge in [0.1, 0.15) is 6.54 Å². The number of hydrogen-bond donors (Lipinski definition) is 2. The van der Waals surface area contributed by atoms with Crippen molar-refractivity contribution in [2.75, 3.05) is 32.8 Å². The molecule has 0 aromatic carbocycles. The third kappa shape index (κ3) is 6.08. The highest BCUT2D eigenvalue weighted by atomic mass is 16.5. The van der Waals surface area contributed by atoms with Crippen molar-refractivity contribution in [3.8, 4) is 0 Å². The molecule has 1 saturated heterocycles. The van der Waals surface area contributed by atoms with Crippen molar-refractivity contribution in [2.24, 2.45) is 0 Å².